The first kappa shape index (κ1) is 19.6. The summed E-state index contributed by atoms with van der Waals surface area (Å²) in [6.45, 7) is 3.15. The van der Waals surface area contributed by atoms with Crippen molar-refractivity contribution in [2.24, 2.45) is 5.92 Å². The quantitative estimate of drug-likeness (QED) is 0.678. The fourth-order valence-corrected chi connectivity index (χ4v) is 4.55. The molecule has 0 saturated heterocycles. The van der Waals surface area contributed by atoms with Crippen LogP contribution >= 0.6 is 0 Å². The highest BCUT2D eigenvalue weighted by molar-refractivity contribution is 5.73. The van der Waals surface area contributed by atoms with Crippen molar-refractivity contribution < 1.29 is 19.0 Å². The number of carbonyl (C=O) groups is 1. The molecule has 1 unspecified atom stereocenters. The van der Waals surface area contributed by atoms with E-state index in [9.17, 15) is 14.3 Å². The number of aliphatic carboxylic acids is 1. The third kappa shape index (κ3) is 4.08. The Kier molecular flexibility index (Phi) is 6.32. The molecule has 1 heterocycles. The highest BCUT2D eigenvalue weighted by Gasteiger charge is 2.25. The number of ether oxygens (including phenoxy) is 1. The first-order valence-electron chi connectivity index (χ1n) is 9.67. The van der Waals surface area contributed by atoms with Gasteiger partial charge in [-0.15, -0.1) is 0 Å². The molecule has 0 bridgehead atoms. The molecule has 2 aliphatic rings. The molecule has 146 valence electrons. The Morgan fingerprint density at radius 3 is 2.81 bits per heavy atom. The van der Waals surface area contributed by atoms with Crippen molar-refractivity contribution >= 4 is 17.7 Å². The first-order valence-corrected chi connectivity index (χ1v) is 9.67. The van der Waals surface area contributed by atoms with Gasteiger partial charge >= 0.3 is 5.97 Å². The van der Waals surface area contributed by atoms with Gasteiger partial charge in [0.25, 0.3) is 0 Å². The molecule has 4 nitrogen and oxygen atoms in total. The van der Waals surface area contributed by atoms with E-state index in [0.29, 0.717) is 26.0 Å². The predicted molar refractivity (Wildman–Crippen MR) is 105 cm³/mol. The van der Waals surface area contributed by atoms with Crippen molar-refractivity contribution in [1.82, 2.24) is 0 Å². The second kappa shape index (κ2) is 8.70. The van der Waals surface area contributed by atoms with Crippen LogP contribution < -0.4 is 5.32 Å². The van der Waals surface area contributed by atoms with Gasteiger partial charge in [-0.25, -0.2) is 4.39 Å². The zero-order valence-electron chi connectivity index (χ0n) is 16.1. The fraction of sp³-hybridized carbons (Fsp3) is 0.500. The number of allylic oxidation sites excluding steroid dienone is 2. The van der Waals surface area contributed by atoms with E-state index in [4.69, 9.17) is 4.74 Å². The maximum atomic E-state index is 13.1. The molecule has 0 amide bonds. The summed E-state index contributed by atoms with van der Waals surface area (Å²) in [5, 5.41) is 12.5. The summed E-state index contributed by atoms with van der Waals surface area (Å²) in [5.41, 5.74) is 7.57. The van der Waals surface area contributed by atoms with Gasteiger partial charge in [0, 0.05) is 18.3 Å². The van der Waals surface area contributed by atoms with Crippen LogP contribution in [0.3, 0.4) is 0 Å². The molecule has 2 N–H and O–H groups in total. The highest BCUT2D eigenvalue weighted by Crippen LogP contribution is 2.39. The van der Waals surface area contributed by atoms with Crippen LogP contribution in [0.4, 0.5) is 10.1 Å². The maximum absolute atomic E-state index is 13.1. The molecule has 5 heteroatoms. The van der Waals surface area contributed by atoms with Crippen molar-refractivity contribution in [2.45, 2.75) is 58.7 Å². The highest BCUT2D eigenvalue weighted by atomic mass is 19.1. The molecule has 0 radical (unpaired) electrons. The largest absolute Gasteiger partial charge is 0.481 e. The lowest BCUT2D eigenvalue weighted by molar-refractivity contribution is -0.137. The van der Waals surface area contributed by atoms with Crippen molar-refractivity contribution in [3.05, 3.63) is 45.8 Å². The Balaban J connectivity index is 2.00. The summed E-state index contributed by atoms with van der Waals surface area (Å²) in [7, 11) is 1.89. The molecule has 27 heavy (non-hydrogen) atoms. The predicted octanol–water partition coefficient (Wildman–Crippen LogP) is 5.14. The molecular formula is C22H28FNO3. The summed E-state index contributed by atoms with van der Waals surface area (Å²) in [6.07, 6.45) is 9.23. The molecule has 0 spiro atoms. The SMILES string of the molecule is CNc1c(CC=C2CCCCC2CC(=O)O)c(C=CF)c(C)c2c1COC2. The molecule has 1 atom stereocenters. The first-order chi connectivity index (χ1) is 13.1. The monoisotopic (exact) mass is 373 g/mol. The number of benzene rings is 1. The molecule has 3 rings (SSSR count). The second-order valence-electron chi connectivity index (χ2n) is 7.41. The van der Waals surface area contributed by atoms with Crippen molar-refractivity contribution in [3.8, 4) is 0 Å². The van der Waals surface area contributed by atoms with Gasteiger partial charge in [-0.3, -0.25) is 4.79 Å². The van der Waals surface area contributed by atoms with E-state index in [-0.39, 0.29) is 12.3 Å². The standard InChI is InChI=1S/C22H28FNO3/c1-14-17(9-10-23)18(22(24-2)20-13-27-12-19(14)20)8-7-15-5-3-4-6-16(15)11-21(25)26/h7,9-10,16,24H,3-6,8,11-13H2,1-2H3,(H,25,26). The summed E-state index contributed by atoms with van der Waals surface area (Å²) in [6, 6.07) is 0. The number of hydrogen-bond donors (Lipinski definition) is 2. The minimum absolute atomic E-state index is 0.119. The van der Waals surface area contributed by atoms with Gasteiger partial charge in [-0.2, -0.15) is 0 Å². The Hall–Kier alpha value is -2.14. The van der Waals surface area contributed by atoms with Crippen LogP contribution in [0.25, 0.3) is 6.08 Å². The van der Waals surface area contributed by atoms with Crippen LogP contribution in [0, 0.1) is 12.8 Å². The van der Waals surface area contributed by atoms with Crippen LogP contribution in [0.15, 0.2) is 18.0 Å². The lowest BCUT2D eigenvalue weighted by Gasteiger charge is -2.25. The van der Waals surface area contributed by atoms with Crippen LogP contribution in [0.5, 0.6) is 0 Å². The van der Waals surface area contributed by atoms with Crippen molar-refractivity contribution in [1.29, 1.82) is 0 Å². The number of carboxylic acid groups (broad SMARTS) is 1. The van der Waals surface area contributed by atoms with E-state index >= 15 is 0 Å². The molecular weight excluding hydrogens is 345 g/mol. The van der Waals surface area contributed by atoms with Gasteiger partial charge in [-0.05, 0) is 66.9 Å². The van der Waals surface area contributed by atoms with Gasteiger partial charge in [0.15, 0.2) is 0 Å². The lowest BCUT2D eigenvalue weighted by Crippen LogP contribution is -2.15. The molecule has 0 aromatic heterocycles. The summed E-state index contributed by atoms with van der Waals surface area (Å²) < 4.78 is 18.8. The van der Waals surface area contributed by atoms with Gasteiger partial charge in [-0.1, -0.05) is 18.1 Å². The maximum Gasteiger partial charge on any atom is 0.303 e. The molecule has 1 aromatic rings. The summed E-state index contributed by atoms with van der Waals surface area (Å²) >= 11 is 0. The minimum atomic E-state index is -0.740. The Morgan fingerprint density at radius 2 is 2.11 bits per heavy atom. The number of fused-ring (bicyclic) bond motifs is 1. The fourth-order valence-electron chi connectivity index (χ4n) is 4.55. The van der Waals surface area contributed by atoms with Crippen LogP contribution in [-0.4, -0.2) is 18.1 Å². The van der Waals surface area contributed by atoms with E-state index in [2.05, 4.69) is 11.4 Å². The zero-order chi connectivity index (χ0) is 19.4. The molecule has 1 fully saturated rings. The Morgan fingerprint density at radius 1 is 1.33 bits per heavy atom. The van der Waals surface area contributed by atoms with Gasteiger partial charge < -0.3 is 15.2 Å². The van der Waals surface area contributed by atoms with E-state index < -0.39 is 5.97 Å². The normalized spacial score (nSPS) is 21.0. The van der Waals surface area contributed by atoms with Gasteiger partial charge in [0.1, 0.15) is 0 Å². The van der Waals surface area contributed by atoms with Crippen LogP contribution in [0.2, 0.25) is 0 Å². The molecule has 1 aliphatic carbocycles. The third-order valence-corrected chi connectivity index (χ3v) is 5.90. The summed E-state index contributed by atoms with van der Waals surface area (Å²) in [5.74, 6) is -0.622. The summed E-state index contributed by atoms with van der Waals surface area (Å²) in [4.78, 5) is 11.2. The molecule has 1 aliphatic heterocycles. The topological polar surface area (TPSA) is 58.6 Å². The lowest BCUT2D eigenvalue weighted by atomic mass is 9.81. The number of halogens is 1. The number of rotatable bonds is 6. The van der Waals surface area contributed by atoms with Gasteiger partial charge in [0.05, 0.1) is 26.0 Å². The average molecular weight is 373 g/mol. The van der Waals surface area contributed by atoms with Crippen LogP contribution in [-0.2, 0) is 29.2 Å². The average Bonchev–Trinajstić information content (AvgIpc) is 3.13. The van der Waals surface area contributed by atoms with Crippen LogP contribution in [0.1, 0.15) is 59.9 Å². The number of nitrogens with one attached hydrogen (secondary N) is 1. The van der Waals surface area contributed by atoms with E-state index in [0.717, 1.165) is 59.2 Å². The van der Waals surface area contributed by atoms with E-state index in [1.807, 2.05) is 14.0 Å². The van der Waals surface area contributed by atoms with Gasteiger partial charge in [0.2, 0.25) is 0 Å². The van der Waals surface area contributed by atoms with Crippen molar-refractivity contribution in [2.75, 3.05) is 12.4 Å². The van der Waals surface area contributed by atoms with Crippen molar-refractivity contribution in [3.63, 3.8) is 0 Å². The number of anilines is 1. The Bertz CT molecular complexity index is 782. The minimum Gasteiger partial charge on any atom is -0.481 e. The zero-order valence-corrected chi connectivity index (χ0v) is 16.1. The third-order valence-electron chi connectivity index (χ3n) is 5.90. The molecule has 1 saturated carbocycles. The Labute approximate surface area is 160 Å². The second-order valence-corrected chi connectivity index (χ2v) is 7.41. The van der Waals surface area contributed by atoms with E-state index in [1.54, 1.807) is 0 Å². The number of hydrogen-bond acceptors (Lipinski definition) is 3. The van der Waals surface area contributed by atoms with E-state index in [1.165, 1.54) is 11.6 Å². The number of carboxylic acids is 1. The smallest absolute Gasteiger partial charge is 0.303 e. The molecule has 1 aromatic carbocycles.